The van der Waals surface area contributed by atoms with Crippen molar-refractivity contribution in [2.45, 2.75) is 11.4 Å². The Labute approximate surface area is 147 Å². The third-order valence-electron chi connectivity index (χ3n) is 3.19. The van der Waals surface area contributed by atoms with Crippen molar-refractivity contribution in [2.75, 3.05) is 11.6 Å². The average Bonchev–Trinajstić information content (AvgIpc) is 2.96. The number of halogens is 1. The minimum Gasteiger partial charge on any atom is -0.334 e. The van der Waals surface area contributed by atoms with E-state index in [2.05, 4.69) is 15.6 Å². The fourth-order valence-corrected chi connectivity index (χ4v) is 3.71. The van der Waals surface area contributed by atoms with Crippen LogP contribution in [0.15, 0.2) is 47.4 Å². The summed E-state index contributed by atoms with van der Waals surface area (Å²) in [5, 5.41) is 6.87. The molecule has 2 amide bonds. The molecule has 3 aromatic rings. The average molecular weight is 364 g/mol. The van der Waals surface area contributed by atoms with Crippen molar-refractivity contribution in [3.63, 3.8) is 0 Å². The number of aromatic nitrogens is 1. The van der Waals surface area contributed by atoms with E-state index in [0.717, 1.165) is 20.7 Å². The number of urea groups is 1. The van der Waals surface area contributed by atoms with Gasteiger partial charge >= 0.3 is 6.03 Å². The highest BCUT2D eigenvalue weighted by Gasteiger charge is 2.10. The van der Waals surface area contributed by atoms with Crippen molar-refractivity contribution < 1.29 is 4.79 Å². The number of hydrogen-bond acceptors (Lipinski definition) is 4. The molecule has 0 spiro atoms. The van der Waals surface area contributed by atoms with Crippen molar-refractivity contribution >= 4 is 56.1 Å². The lowest BCUT2D eigenvalue weighted by Crippen LogP contribution is -2.28. The van der Waals surface area contributed by atoms with Gasteiger partial charge in [0.2, 0.25) is 0 Å². The van der Waals surface area contributed by atoms with Crippen LogP contribution in [-0.2, 0) is 6.54 Å². The maximum Gasteiger partial charge on any atom is 0.321 e. The van der Waals surface area contributed by atoms with E-state index >= 15 is 0 Å². The molecule has 118 valence electrons. The topological polar surface area (TPSA) is 54.0 Å². The Morgan fingerprint density at radius 2 is 2.04 bits per heavy atom. The number of fused-ring (bicyclic) bond motifs is 1. The van der Waals surface area contributed by atoms with Gasteiger partial charge in [-0.25, -0.2) is 9.78 Å². The van der Waals surface area contributed by atoms with Crippen molar-refractivity contribution in [3.05, 3.63) is 53.1 Å². The second kappa shape index (κ2) is 7.21. The normalized spacial score (nSPS) is 10.7. The minimum atomic E-state index is -0.273. The Kier molecular flexibility index (Phi) is 5.05. The van der Waals surface area contributed by atoms with Crippen LogP contribution in [0.5, 0.6) is 0 Å². The molecule has 0 saturated heterocycles. The fraction of sp³-hybridized carbons (Fsp3) is 0.125. The molecule has 23 heavy (non-hydrogen) atoms. The van der Waals surface area contributed by atoms with Gasteiger partial charge in [-0.15, -0.1) is 11.8 Å². The van der Waals surface area contributed by atoms with E-state index in [1.165, 1.54) is 11.3 Å². The van der Waals surface area contributed by atoms with Crippen LogP contribution in [0.3, 0.4) is 0 Å². The number of thiazole rings is 1. The van der Waals surface area contributed by atoms with Crippen LogP contribution in [0.25, 0.3) is 10.2 Å². The molecule has 7 heteroatoms. The van der Waals surface area contributed by atoms with Gasteiger partial charge in [-0.05, 0) is 36.1 Å². The molecule has 2 aromatic carbocycles. The van der Waals surface area contributed by atoms with Crippen LogP contribution >= 0.6 is 34.7 Å². The maximum absolute atomic E-state index is 12.0. The Morgan fingerprint density at radius 1 is 1.26 bits per heavy atom. The highest BCUT2D eigenvalue weighted by Crippen LogP contribution is 2.32. The lowest BCUT2D eigenvalue weighted by atomic mass is 10.2. The van der Waals surface area contributed by atoms with E-state index < -0.39 is 0 Å². The monoisotopic (exact) mass is 363 g/mol. The van der Waals surface area contributed by atoms with Gasteiger partial charge in [0.15, 0.2) is 5.13 Å². The zero-order valence-corrected chi connectivity index (χ0v) is 14.7. The Bertz CT molecular complexity index is 833. The van der Waals surface area contributed by atoms with Gasteiger partial charge in [0.1, 0.15) is 0 Å². The van der Waals surface area contributed by atoms with Crippen molar-refractivity contribution in [2.24, 2.45) is 0 Å². The predicted octanol–water partition coefficient (Wildman–Crippen LogP) is 4.99. The third kappa shape index (κ3) is 3.96. The molecular formula is C16H14ClN3OS2. The number of carbonyl (C=O) groups is 1. The van der Waals surface area contributed by atoms with Crippen LogP contribution < -0.4 is 10.6 Å². The van der Waals surface area contributed by atoms with Crippen molar-refractivity contribution in [1.82, 2.24) is 10.3 Å². The molecule has 1 heterocycles. The van der Waals surface area contributed by atoms with Gasteiger partial charge in [0, 0.05) is 16.5 Å². The van der Waals surface area contributed by atoms with Crippen LogP contribution in [0.4, 0.5) is 9.93 Å². The predicted molar refractivity (Wildman–Crippen MR) is 98.7 cm³/mol. The van der Waals surface area contributed by atoms with Gasteiger partial charge in [0.05, 0.1) is 10.2 Å². The molecule has 0 saturated carbocycles. The molecule has 0 aliphatic rings. The summed E-state index contributed by atoms with van der Waals surface area (Å²) in [6.07, 6.45) is 2.01. The van der Waals surface area contributed by atoms with E-state index in [-0.39, 0.29) is 6.03 Å². The molecule has 0 bridgehead atoms. The summed E-state index contributed by atoms with van der Waals surface area (Å²) in [6.45, 7) is 0.434. The quantitative estimate of drug-likeness (QED) is 0.642. The zero-order valence-electron chi connectivity index (χ0n) is 12.3. The molecule has 3 rings (SSSR count). The number of thioether (sulfide) groups is 1. The first-order valence-electron chi connectivity index (χ1n) is 6.88. The lowest BCUT2D eigenvalue weighted by molar-refractivity contribution is 0.251. The number of carbonyl (C=O) groups excluding carboxylic acids is 1. The Morgan fingerprint density at radius 3 is 2.78 bits per heavy atom. The summed E-state index contributed by atoms with van der Waals surface area (Å²) in [6, 6.07) is 13.1. The Hall–Kier alpha value is -1.76. The number of nitrogens with zero attached hydrogens (tertiary/aromatic N) is 1. The summed E-state index contributed by atoms with van der Waals surface area (Å²) in [7, 11) is 0. The lowest BCUT2D eigenvalue weighted by Gasteiger charge is -2.05. The fourth-order valence-electron chi connectivity index (χ4n) is 2.07. The summed E-state index contributed by atoms with van der Waals surface area (Å²) in [5.41, 5.74) is 1.91. The molecular weight excluding hydrogens is 350 g/mol. The van der Waals surface area contributed by atoms with E-state index in [9.17, 15) is 4.79 Å². The number of rotatable bonds is 4. The number of para-hydroxylation sites is 1. The van der Waals surface area contributed by atoms with E-state index in [4.69, 9.17) is 11.6 Å². The summed E-state index contributed by atoms with van der Waals surface area (Å²) in [4.78, 5) is 17.6. The van der Waals surface area contributed by atoms with Crippen LogP contribution in [0, 0.1) is 0 Å². The van der Waals surface area contributed by atoms with Crippen LogP contribution in [0.1, 0.15) is 5.56 Å². The van der Waals surface area contributed by atoms with Gasteiger partial charge in [-0.3, -0.25) is 5.32 Å². The second-order valence-corrected chi connectivity index (χ2v) is 7.08. The number of benzene rings is 2. The molecule has 4 nitrogen and oxygen atoms in total. The number of anilines is 1. The molecule has 0 radical (unpaired) electrons. The maximum atomic E-state index is 12.0. The largest absolute Gasteiger partial charge is 0.334 e. The summed E-state index contributed by atoms with van der Waals surface area (Å²) < 4.78 is 1.06. The first kappa shape index (κ1) is 16.1. The highest BCUT2D eigenvalue weighted by atomic mass is 35.5. The Balaban J connectivity index is 1.64. The van der Waals surface area contributed by atoms with E-state index in [1.807, 2.05) is 36.6 Å². The number of nitrogens with one attached hydrogen (secondary N) is 2. The van der Waals surface area contributed by atoms with Crippen molar-refractivity contribution in [3.8, 4) is 0 Å². The molecule has 0 unspecified atom stereocenters. The first-order chi connectivity index (χ1) is 11.2. The molecule has 1 aromatic heterocycles. The SMILES string of the molecule is CSc1cccc2sc(NC(=O)NCc3ccc(Cl)cc3)nc12. The third-order valence-corrected chi connectivity index (χ3v) is 5.15. The number of hydrogen-bond donors (Lipinski definition) is 2. The van der Waals surface area contributed by atoms with Crippen LogP contribution in [0.2, 0.25) is 5.02 Å². The zero-order chi connectivity index (χ0) is 16.2. The smallest absolute Gasteiger partial charge is 0.321 e. The van der Waals surface area contributed by atoms with Gasteiger partial charge in [0.25, 0.3) is 0 Å². The van der Waals surface area contributed by atoms with E-state index in [1.54, 1.807) is 23.9 Å². The summed E-state index contributed by atoms with van der Waals surface area (Å²) in [5.74, 6) is 0. The van der Waals surface area contributed by atoms with Gasteiger partial charge in [-0.1, -0.05) is 41.1 Å². The van der Waals surface area contributed by atoms with Gasteiger partial charge in [-0.2, -0.15) is 0 Å². The van der Waals surface area contributed by atoms with Crippen molar-refractivity contribution in [1.29, 1.82) is 0 Å². The molecule has 2 N–H and O–H groups in total. The molecule has 0 atom stereocenters. The first-order valence-corrected chi connectivity index (χ1v) is 9.30. The number of amides is 2. The highest BCUT2D eigenvalue weighted by molar-refractivity contribution is 7.98. The second-order valence-electron chi connectivity index (χ2n) is 4.76. The molecule has 0 aliphatic heterocycles. The van der Waals surface area contributed by atoms with Gasteiger partial charge < -0.3 is 5.32 Å². The van der Waals surface area contributed by atoms with E-state index in [0.29, 0.717) is 16.7 Å². The summed E-state index contributed by atoms with van der Waals surface area (Å²) >= 11 is 8.95. The van der Waals surface area contributed by atoms with Crippen LogP contribution in [-0.4, -0.2) is 17.3 Å². The molecule has 0 fully saturated rings. The molecule has 0 aliphatic carbocycles. The standard InChI is InChI=1S/C16H14ClN3OS2/c1-22-12-3-2-4-13-14(12)19-16(23-13)20-15(21)18-9-10-5-7-11(17)8-6-10/h2-8H,9H2,1H3,(H2,18,19,20,21). The minimum absolute atomic E-state index is 0.273.